The fourth-order valence-corrected chi connectivity index (χ4v) is 3.10. The van der Waals surface area contributed by atoms with Crippen LogP contribution < -0.4 is 22.1 Å². The molecule has 35 heavy (non-hydrogen) atoms. The zero-order chi connectivity index (χ0) is 26.1. The summed E-state index contributed by atoms with van der Waals surface area (Å²) in [7, 11) is 0. The van der Waals surface area contributed by atoms with Gasteiger partial charge < -0.3 is 27.2 Å². The predicted octanol–water partition coefficient (Wildman–Crippen LogP) is 1.80. The summed E-state index contributed by atoms with van der Waals surface area (Å²) >= 11 is 0. The van der Waals surface area contributed by atoms with E-state index < -0.39 is 33.3 Å². The van der Waals surface area contributed by atoms with Crippen LogP contribution >= 0.6 is 0 Å². The number of carbonyl (C=O) groups excluding carboxylic acids is 2. The average Bonchev–Trinajstić information content (AvgIpc) is 2.79. The van der Waals surface area contributed by atoms with Gasteiger partial charge in [0.15, 0.2) is 0 Å². The lowest BCUT2D eigenvalue weighted by Crippen LogP contribution is -2.14. The molecule has 0 radical (unpaired) electrons. The second-order valence-electron chi connectivity index (χ2n) is 7.13. The zero-order valence-electron chi connectivity index (χ0n) is 18.2. The molecule has 0 unspecified atom stereocenters. The maximum Gasteiger partial charge on any atom is 0.303 e. The molecule has 0 fully saturated rings. The summed E-state index contributed by atoms with van der Waals surface area (Å²) in [5.41, 5.74) is 9.93. The quantitative estimate of drug-likeness (QED) is 0.156. The molecule has 0 saturated carbocycles. The second kappa shape index (κ2) is 11.7. The van der Waals surface area contributed by atoms with Gasteiger partial charge in [0.2, 0.25) is 11.8 Å². The van der Waals surface area contributed by atoms with Gasteiger partial charge in [0.1, 0.15) is 11.4 Å². The Kier molecular flexibility index (Phi) is 8.80. The number of anilines is 2. The van der Waals surface area contributed by atoms with Crippen molar-refractivity contribution in [2.45, 2.75) is 12.8 Å². The first-order valence-corrected chi connectivity index (χ1v) is 10.0. The SMILES string of the molecule is NC(=O)c1ccc(NC/C=C/CNc2c(CCC(=O)O)cc(C(N)=O)cc2[N+](=O)[O-])c([N+](=O)[O-])c1. The van der Waals surface area contributed by atoms with Gasteiger partial charge in [-0.2, -0.15) is 0 Å². The number of nitrogens with zero attached hydrogens (tertiary/aromatic N) is 2. The molecule has 0 aliphatic heterocycles. The van der Waals surface area contributed by atoms with Gasteiger partial charge in [0.25, 0.3) is 11.4 Å². The zero-order valence-corrected chi connectivity index (χ0v) is 18.2. The summed E-state index contributed by atoms with van der Waals surface area (Å²) in [6.07, 6.45) is 2.79. The number of amides is 2. The van der Waals surface area contributed by atoms with E-state index in [0.717, 1.165) is 12.1 Å². The third kappa shape index (κ3) is 7.24. The number of rotatable bonds is 13. The molecule has 14 heteroatoms. The summed E-state index contributed by atoms with van der Waals surface area (Å²) in [5.74, 6) is -2.81. The lowest BCUT2D eigenvalue weighted by molar-refractivity contribution is -0.384. The van der Waals surface area contributed by atoms with Gasteiger partial charge in [-0.1, -0.05) is 12.2 Å². The third-order valence-corrected chi connectivity index (χ3v) is 4.74. The molecule has 14 nitrogen and oxygen atoms in total. The number of nitro groups is 2. The Morgan fingerprint density at radius 3 is 2.00 bits per heavy atom. The van der Waals surface area contributed by atoms with Crippen molar-refractivity contribution in [3.05, 3.63) is 79.4 Å². The Bertz CT molecular complexity index is 1210. The van der Waals surface area contributed by atoms with Crippen LogP contribution in [0, 0.1) is 20.2 Å². The van der Waals surface area contributed by atoms with Gasteiger partial charge in [-0.05, 0) is 30.2 Å². The van der Waals surface area contributed by atoms with Gasteiger partial charge in [-0.3, -0.25) is 34.6 Å². The molecule has 2 aromatic carbocycles. The molecule has 0 aliphatic rings. The molecule has 0 atom stereocenters. The van der Waals surface area contributed by atoms with Crippen molar-refractivity contribution in [2.75, 3.05) is 23.7 Å². The topological polar surface area (TPSA) is 234 Å². The lowest BCUT2D eigenvalue weighted by atomic mass is 10.0. The first kappa shape index (κ1) is 26.2. The lowest BCUT2D eigenvalue weighted by Gasteiger charge is -2.12. The molecule has 0 heterocycles. The normalized spacial score (nSPS) is 10.6. The number of nitro benzene ring substituents is 2. The summed E-state index contributed by atoms with van der Waals surface area (Å²) in [6.45, 7) is 0.230. The minimum absolute atomic E-state index is 0.00959. The molecule has 184 valence electrons. The van der Waals surface area contributed by atoms with Gasteiger partial charge in [0, 0.05) is 42.8 Å². The van der Waals surface area contributed by atoms with Crippen LogP contribution in [-0.4, -0.2) is 45.8 Å². The van der Waals surface area contributed by atoms with E-state index >= 15 is 0 Å². The van der Waals surface area contributed by atoms with E-state index in [0.29, 0.717) is 0 Å². The van der Waals surface area contributed by atoms with Crippen molar-refractivity contribution >= 4 is 40.5 Å². The fourth-order valence-electron chi connectivity index (χ4n) is 3.10. The Morgan fingerprint density at radius 2 is 1.46 bits per heavy atom. The van der Waals surface area contributed by atoms with Crippen molar-refractivity contribution in [3.8, 4) is 0 Å². The van der Waals surface area contributed by atoms with E-state index in [1.807, 2.05) is 0 Å². The fraction of sp³-hybridized carbons (Fsp3) is 0.190. The number of benzene rings is 2. The number of aliphatic carboxylic acids is 1. The highest BCUT2D eigenvalue weighted by molar-refractivity contribution is 5.95. The molecule has 0 spiro atoms. The maximum absolute atomic E-state index is 11.5. The maximum atomic E-state index is 11.5. The summed E-state index contributed by atoms with van der Waals surface area (Å²) in [5, 5.41) is 37.4. The monoisotopic (exact) mass is 486 g/mol. The number of nitrogens with two attached hydrogens (primary N) is 2. The van der Waals surface area contributed by atoms with Crippen LogP contribution in [-0.2, 0) is 11.2 Å². The molecule has 0 bridgehead atoms. The third-order valence-electron chi connectivity index (χ3n) is 4.74. The van der Waals surface area contributed by atoms with Crippen molar-refractivity contribution in [3.63, 3.8) is 0 Å². The Balaban J connectivity index is 2.14. The molecular formula is C21H22N6O8. The van der Waals surface area contributed by atoms with E-state index in [-0.39, 0.29) is 59.7 Å². The van der Waals surface area contributed by atoms with Crippen LogP contribution in [0.1, 0.15) is 32.7 Å². The Labute approximate surface area is 197 Å². The Hall–Kier alpha value is -5.01. The number of primary amides is 2. The van der Waals surface area contributed by atoms with Crippen LogP contribution in [0.5, 0.6) is 0 Å². The highest BCUT2D eigenvalue weighted by atomic mass is 16.6. The van der Waals surface area contributed by atoms with Gasteiger partial charge in [-0.15, -0.1) is 0 Å². The van der Waals surface area contributed by atoms with E-state index in [1.165, 1.54) is 18.2 Å². The van der Waals surface area contributed by atoms with E-state index in [9.17, 15) is 34.6 Å². The molecule has 0 aromatic heterocycles. The number of carboxylic acid groups (broad SMARTS) is 1. The van der Waals surface area contributed by atoms with E-state index in [4.69, 9.17) is 16.6 Å². The Morgan fingerprint density at radius 1 is 0.886 bits per heavy atom. The summed E-state index contributed by atoms with van der Waals surface area (Å²) in [4.78, 5) is 55.1. The average molecular weight is 486 g/mol. The number of nitrogens with one attached hydrogen (secondary N) is 2. The first-order valence-electron chi connectivity index (χ1n) is 10.0. The molecule has 2 aromatic rings. The van der Waals surface area contributed by atoms with Crippen molar-refractivity contribution < 1.29 is 29.3 Å². The van der Waals surface area contributed by atoms with Crippen LogP contribution in [0.15, 0.2) is 42.5 Å². The van der Waals surface area contributed by atoms with E-state index in [2.05, 4.69) is 10.6 Å². The second-order valence-corrected chi connectivity index (χ2v) is 7.13. The molecule has 2 rings (SSSR count). The highest BCUT2D eigenvalue weighted by Crippen LogP contribution is 2.31. The predicted molar refractivity (Wildman–Crippen MR) is 125 cm³/mol. The van der Waals surface area contributed by atoms with Crippen LogP contribution in [0.25, 0.3) is 0 Å². The minimum Gasteiger partial charge on any atom is -0.481 e. The van der Waals surface area contributed by atoms with E-state index in [1.54, 1.807) is 12.2 Å². The molecular weight excluding hydrogens is 464 g/mol. The molecule has 7 N–H and O–H groups in total. The van der Waals surface area contributed by atoms with Crippen LogP contribution in [0.2, 0.25) is 0 Å². The van der Waals surface area contributed by atoms with Crippen LogP contribution in [0.4, 0.5) is 22.7 Å². The number of aryl methyl sites for hydroxylation is 1. The van der Waals surface area contributed by atoms with Gasteiger partial charge >= 0.3 is 5.97 Å². The number of carbonyl (C=O) groups is 3. The van der Waals surface area contributed by atoms with Crippen molar-refractivity contribution in [1.29, 1.82) is 0 Å². The largest absolute Gasteiger partial charge is 0.481 e. The van der Waals surface area contributed by atoms with Gasteiger partial charge in [0.05, 0.1) is 9.85 Å². The first-order chi connectivity index (χ1) is 16.5. The highest BCUT2D eigenvalue weighted by Gasteiger charge is 2.21. The standard InChI is InChI=1S/C21H22N6O8/c22-20(30)13-3-5-15(16(10-13)26(32)33)24-7-1-2-8-25-19-12(4-6-18(28)29)9-14(21(23)31)11-17(19)27(34)35/h1-3,5,9-11,24-25H,4,6-8H2,(H2,22,30)(H2,23,31)(H,28,29)/b2-1+. The minimum atomic E-state index is -1.12. The van der Waals surface area contributed by atoms with Crippen LogP contribution in [0.3, 0.4) is 0 Å². The van der Waals surface area contributed by atoms with Crippen molar-refractivity contribution in [1.82, 2.24) is 0 Å². The molecule has 2 amide bonds. The number of hydrogen-bond donors (Lipinski definition) is 5. The van der Waals surface area contributed by atoms with Gasteiger partial charge in [-0.25, -0.2) is 0 Å². The van der Waals surface area contributed by atoms with Crippen molar-refractivity contribution in [2.24, 2.45) is 11.5 Å². The molecule has 0 aliphatic carbocycles. The number of hydrogen-bond acceptors (Lipinski definition) is 9. The number of carboxylic acids is 1. The summed E-state index contributed by atoms with van der Waals surface area (Å²) in [6, 6.07) is 6.07. The smallest absolute Gasteiger partial charge is 0.303 e. The molecule has 0 saturated heterocycles. The summed E-state index contributed by atoms with van der Waals surface area (Å²) < 4.78 is 0.